The van der Waals surface area contributed by atoms with E-state index in [-0.39, 0.29) is 12.0 Å². The van der Waals surface area contributed by atoms with E-state index in [4.69, 9.17) is 9.47 Å². The summed E-state index contributed by atoms with van der Waals surface area (Å²) in [6, 6.07) is 5.84. The van der Waals surface area contributed by atoms with Crippen molar-refractivity contribution < 1.29 is 14.3 Å². The van der Waals surface area contributed by atoms with Gasteiger partial charge >= 0.3 is 5.97 Å². The molecule has 1 aromatic heterocycles. The lowest BCUT2D eigenvalue weighted by atomic mass is 9.96. The second-order valence-electron chi connectivity index (χ2n) is 5.81. The highest BCUT2D eigenvalue weighted by Crippen LogP contribution is 2.62. The average molecular weight is 369 g/mol. The first-order valence-electron chi connectivity index (χ1n) is 7.77. The molecule has 0 unspecified atom stereocenters. The molecule has 3 atom stereocenters. The van der Waals surface area contributed by atoms with E-state index < -0.39 is 5.41 Å². The number of esters is 1. The molecule has 5 nitrogen and oxygen atoms in total. The molecule has 2 aliphatic rings. The number of halogens is 1. The SMILES string of the molecule is CCOC[C@H]1N(c2cccc(Br)n2)C[C@@H]2C[C@@]21C(=O)OCC. The lowest BCUT2D eigenvalue weighted by molar-refractivity contribution is -0.151. The molecule has 0 bridgehead atoms. The Morgan fingerprint density at radius 2 is 2.27 bits per heavy atom. The predicted octanol–water partition coefficient (Wildman–Crippen LogP) is 2.64. The molecule has 3 rings (SSSR count). The fourth-order valence-corrected chi connectivity index (χ4v) is 3.89. The quantitative estimate of drug-likeness (QED) is 0.570. The Morgan fingerprint density at radius 3 is 2.95 bits per heavy atom. The smallest absolute Gasteiger partial charge is 0.314 e. The van der Waals surface area contributed by atoms with Crippen LogP contribution in [0.4, 0.5) is 5.82 Å². The third kappa shape index (κ3) is 2.52. The fraction of sp³-hybridized carbons (Fsp3) is 0.625. The summed E-state index contributed by atoms with van der Waals surface area (Å²) in [5.74, 6) is 1.15. The first kappa shape index (κ1) is 15.7. The molecule has 6 heteroatoms. The highest BCUT2D eigenvalue weighted by Gasteiger charge is 2.71. The highest BCUT2D eigenvalue weighted by molar-refractivity contribution is 9.10. The number of fused-ring (bicyclic) bond motifs is 1. The minimum absolute atomic E-state index is 0.00157. The minimum Gasteiger partial charge on any atom is -0.465 e. The summed E-state index contributed by atoms with van der Waals surface area (Å²) in [5, 5.41) is 0. The molecule has 0 spiro atoms. The Balaban J connectivity index is 1.87. The van der Waals surface area contributed by atoms with Gasteiger partial charge in [0.1, 0.15) is 10.4 Å². The van der Waals surface area contributed by atoms with Crippen molar-refractivity contribution in [3.8, 4) is 0 Å². The molecule has 1 saturated carbocycles. The van der Waals surface area contributed by atoms with Crippen LogP contribution in [0.1, 0.15) is 20.3 Å². The Morgan fingerprint density at radius 1 is 1.45 bits per heavy atom. The molecule has 22 heavy (non-hydrogen) atoms. The van der Waals surface area contributed by atoms with E-state index in [0.29, 0.717) is 25.7 Å². The molecule has 2 fully saturated rings. The summed E-state index contributed by atoms with van der Waals surface area (Å²) >= 11 is 3.41. The number of aromatic nitrogens is 1. The summed E-state index contributed by atoms with van der Waals surface area (Å²) in [7, 11) is 0. The number of rotatable bonds is 6. The van der Waals surface area contributed by atoms with Gasteiger partial charge in [-0.15, -0.1) is 0 Å². The standard InChI is InChI=1S/C16H21BrN2O3/c1-3-21-10-12-16(15(20)22-4-2)8-11(16)9-19(12)14-7-5-6-13(17)18-14/h5-7,11-12H,3-4,8-10H2,1-2H3/t11-,12+,16+/m0/s1. The molecule has 0 N–H and O–H groups in total. The van der Waals surface area contributed by atoms with Crippen LogP contribution in [0, 0.1) is 11.3 Å². The first-order valence-corrected chi connectivity index (χ1v) is 8.57. The van der Waals surface area contributed by atoms with Crippen molar-refractivity contribution >= 4 is 27.7 Å². The van der Waals surface area contributed by atoms with E-state index >= 15 is 0 Å². The van der Waals surface area contributed by atoms with Crippen LogP contribution in [-0.2, 0) is 14.3 Å². The zero-order chi connectivity index (χ0) is 15.7. The zero-order valence-electron chi connectivity index (χ0n) is 12.9. The highest BCUT2D eigenvalue weighted by atomic mass is 79.9. The molecule has 1 aliphatic heterocycles. The maximum Gasteiger partial charge on any atom is 0.314 e. The van der Waals surface area contributed by atoms with Crippen LogP contribution >= 0.6 is 15.9 Å². The van der Waals surface area contributed by atoms with Gasteiger partial charge in [-0.05, 0) is 54.2 Å². The number of carbonyl (C=O) groups excluding carboxylic acids is 1. The van der Waals surface area contributed by atoms with Crippen molar-refractivity contribution in [3.05, 3.63) is 22.8 Å². The van der Waals surface area contributed by atoms with Crippen molar-refractivity contribution in [3.63, 3.8) is 0 Å². The Bertz CT molecular complexity index is 568. The largest absolute Gasteiger partial charge is 0.465 e. The van der Waals surface area contributed by atoms with Gasteiger partial charge in [-0.1, -0.05) is 6.07 Å². The second kappa shape index (κ2) is 6.16. The van der Waals surface area contributed by atoms with Gasteiger partial charge in [0, 0.05) is 13.2 Å². The molecule has 120 valence electrons. The number of hydrogen-bond acceptors (Lipinski definition) is 5. The number of pyridine rings is 1. The summed E-state index contributed by atoms with van der Waals surface area (Å²) in [6.45, 7) is 6.24. The molecule has 1 aromatic rings. The summed E-state index contributed by atoms with van der Waals surface area (Å²) in [5.41, 5.74) is -0.408. The van der Waals surface area contributed by atoms with Crippen LogP contribution in [-0.4, -0.2) is 43.4 Å². The average Bonchev–Trinajstić information content (AvgIpc) is 3.14. The van der Waals surface area contributed by atoms with Gasteiger partial charge < -0.3 is 14.4 Å². The molecular formula is C16H21BrN2O3. The van der Waals surface area contributed by atoms with Crippen LogP contribution in [0.25, 0.3) is 0 Å². The van der Waals surface area contributed by atoms with Gasteiger partial charge in [0.25, 0.3) is 0 Å². The molecule has 0 amide bonds. The van der Waals surface area contributed by atoms with Gasteiger partial charge in [0.15, 0.2) is 0 Å². The molecule has 2 heterocycles. The molecule has 1 aliphatic carbocycles. The fourth-order valence-electron chi connectivity index (χ4n) is 3.56. The second-order valence-corrected chi connectivity index (χ2v) is 6.62. The third-order valence-corrected chi connectivity index (χ3v) is 5.11. The Kier molecular flexibility index (Phi) is 4.41. The number of ether oxygens (including phenoxy) is 2. The number of nitrogens with zero attached hydrogens (tertiary/aromatic N) is 2. The van der Waals surface area contributed by atoms with Gasteiger partial charge in [-0.2, -0.15) is 0 Å². The van der Waals surface area contributed by atoms with Gasteiger partial charge in [0.05, 0.1) is 24.7 Å². The monoisotopic (exact) mass is 368 g/mol. The lowest BCUT2D eigenvalue weighted by Gasteiger charge is -2.32. The van der Waals surface area contributed by atoms with Crippen LogP contribution in [0.2, 0.25) is 0 Å². The van der Waals surface area contributed by atoms with Crippen molar-refractivity contribution in [2.75, 3.05) is 31.3 Å². The van der Waals surface area contributed by atoms with Crippen LogP contribution in [0.15, 0.2) is 22.8 Å². The van der Waals surface area contributed by atoms with Crippen molar-refractivity contribution in [1.29, 1.82) is 0 Å². The van der Waals surface area contributed by atoms with Crippen molar-refractivity contribution in [2.45, 2.75) is 26.3 Å². The predicted molar refractivity (Wildman–Crippen MR) is 86.7 cm³/mol. The van der Waals surface area contributed by atoms with E-state index in [2.05, 4.69) is 25.8 Å². The number of piperidine rings is 1. The molecule has 1 saturated heterocycles. The van der Waals surface area contributed by atoms with Crippen molar-refractivity contribution in [1.82, 2.24) is 4.98 Å². The molecule has 0 aromatic carbocycles. The van der Waals surface area contributed by atoms with E-state index in [0.717, 1.165) is 23.4 Å². The van der Waals surface area contributed by atoms with E-state index in [1.54, 1.807) is 0 Å². The van der Waals surface area contributed by atoms with Crippen LogP contribution < -0.4 is 4.90 Å². The number of carbonyl (C=O) groups is 1. The van der Waals surface area contributed by atoms with Gasteiger partial charge in [0.2, 0.25) is 0 Å². The summed E-state index contributed by atoms with van der Waals surface area (Å²) < 4.78 is 11.8. The zero-order valence-corrected chi connectivity index (χ0v) is 14.5. The summed E-state index contributed by atoms with van der Waals surface area (Å²) in [6.07, 6.45) is 0.897. The third-order valence-electron chi connectivity index (χ3n) is 4.67. The minimum atomic E-state index is -0.408. The van der Waals surface area contributed by atoms with E-state index in [9.17, 15) is 4.79 Å². The van der Waals surface area contributed by atoms with Crippen LogP contribution in [0.3, 0.4) is 0 Å². The van der Waals surface area contributed by atoms with Crippen molar-refractivity contribution in [2.24, 2.45) is 11.3 Å². The van der Waals surface area contributed by atoms with E-state index in [1.807, 2.05) is 32.0 Å². The van der Waals surface area contributed by atoms with Gasteiger partial charge in [-0.25, -0.2) is 4.98 Å². The maximum atomic E-state index is 12.5. The van der Waals surface area contributed by atoms with E-state index in [1.165, 1.54) is 0 Å². The normalized spacial score (nSPS) is 29.3. The maximum absolute atomic E-state index is 12.5. The molecular weight excluding hydrogens is 348 g/mol. The molecule has 0 radical (unpaired) electrons. The van der Waals surface area contributed by atoms with Crippen LogP contribution in [0.5, 0.6) is 0 Å². The number of hydrogen-bond donors (Lipinski definition) is 0. The first-order chi connectivity index (χ1) is 10.6. The topological polar surface area (TPSA) is 51.7 Å². The number of anilines is 1. The Labute approximate surface area is 139 Å². The Hall–Kier alpha value is -1.14. The lowest BCUT2D eigenvalue weighted by Crippen LogP contribution is -2.44. The summed E-state index contributed by atoms with van der Waals surface area (Å²) in [4.78, 5) is 19.2. The van der Waals surface area contributed by atoms with Gasteiger partial charge in [-0.3, -0.25) is 4.79 Å².